The van der Waals surface area contributed by atoms with Crippen molar-refractivity contribution in [3.8, 4) is 0 Å². The maximum absolute atomic E-state index is 10.9. The van der Waals surface area contributed by atoms with Crippen LogP contribution in [0, 0.1) is 10.1 Å². The van der Waals surface area contributed by atoms with Gasteiger partial charge in [0.1, 0.15) is 0 Å². The molecule has 2 aliphatic heterocycles. The molecule has 6 heteroatoms. The Morgan fingerprint density at radius 3 is 2.62 bits per heavy atom. The summed E-state index contributed by atoms with van der Waals surface area (Å²) < 4.78 is 0.769. The second kappa shape index (κ2) is 6.02. The van der Waals surface area contributed by atoms with Crippen LogP contribution >= 0.6 is 15.9 Å². The lowest BCUT2D eigenvalue weighted by Crippen LogP contribution is -2.46. The molecule has 1 aromatic carbocycles. The van der Waals surface area contributed by atoms with Crippen molar-refractivity contribution < 1.29 is 4.92 Å². The quantitative estimate of drug-likeness (QED) is 0.667. The van der Waals surface area contributed by atoms with Gasteiger partial charge in [0, 0.05) is 41.3 Å². The van der Waals surface area contributed by atoms with Gasteiger partial charge in [0.2, 0.25) is 0 Å². The zero-order chi connectivity index (χ0) is 15.0. The van der Waals surface area contributed by atoms with Gasteiger partial charge in [-0.2, -0.15) is 0 Å². The lowest BCUT2D eigenvalue weighted by atomic mass is 9.98. The number of non-ortho nitro benzene ring substituents is 1. The van der Waals surface area contributed by atoms with Crippen LogP contribution in [-0.2, 0) is 6.54 Å². The van der Waals surface area contributed by atoms with E-state index in [0.29, 0.717) is 18.1 Å². The largest absolute Gasteiger partial charge is 0.311 e. The minimum atomic E-state index is -0.334. The summed E-state index contributed by atoms with van der Waals surface area (Å²) >= 11 is 3.36. The van der Waals surface area contributed by atoms with Crippen molar-refractivity contribution in [3.63, 3.8) is 0 Å². The van der Waals surface area contributed by atoms with E-state index in [4.69, 9.17) is 0 Å². The Balaban J connectivity index is 1.69. The second-order valence-electron chi connectivity index (χ2n) is 6.25. The Kier molecular flexibility index (Phi) is 4.28. The summed E-state index contributed by atoms with van der Waals surface area (Å²) in [7, 11) is 2.13. The maximum atomic E-state index is 10.9. The molecule has 2 fully saturated rings. The molecule has 2 unspecified atom stereocenters. The first-order valence-corrected chi connectivity index (χ1v) is 8.20. The predicted molar refractivity (Wildman–Crippen MR) is 85.2 cm³/mol. The summed E-state index contributed by atoms with van der Waals surface area (Å²) in [6.45, 7) is 0.754. The van der Waals surface area contributed by atoms with Crippen molar-refractivity contribution in [1.82, 2.24) is 10.2 Å². The fourth-order valence-corrected chi connectivity index (χ4v) is 4.16. The fourth-order valence-electron chi connectivity index (χ4n) is 3.63. The number of fused-ring (bicyclic) bond motifs is 2. The standard InChI is InChI=1S/C15H20BrN3O2/c1-18(14-7-12-2-3-13(8-14)17-12)9-10-4-11(16)6-15(5-10)19(20)21/h4-6,12-14,17H,2-3,7-9H2,1H3. The van der Waals surface area contributed by atoms with Crippen molar-refractivity contribution in [2.24, 2.45) is 0 Å². The molecule has 0 radical (unpaired) electrons. The average Bonchev–Trinajstić information content (AvgIpc) is 2.76. The molecule has 0 aromatic heterocycles. The molecule has 2 aliphatic rings. The number of nitro benzene ring substituents is 1. The predicted octanol–water partition coefficient (Wildman–Crippen LogP) is 3.07. The summed E-state index contributed by atoms with van der Waals surface area (Å²) in [6, 6.07) is 7.09. The SMILES string of the molecule is CN(Cc1cc(Br)cc([N+](=O)[O-])c1)C1CC2CCC(C1)N2. The number of piperidine rings is 1. The Labute approximate surface area is 133 Å². The molecule has 0 aliphatic carbocycles. The van der Waals surface area contributed by atoms with E-state index in [2.05, 4.69) is 33.2 Å². The molecule has 5 nitrogen and oxygen atoms in total. The van der Waals surface area contributed by atoms with Crippen LogP contribution in [0.15, 0.2) is 22.7 Å². The average molecular weight is 354 g/mol. The molecule has 2 saturated heterocycles. The van der Waals surface area contributed by atoms with Gasteiger partial charge in [-0.15, -0.1) is 0 Å². The van der Waals surface area contributed by atoms with Gasteiger partial charge in [0.05, 0.1) is 4.92 Å². The Morgan fingerprint density at radius 2 is 2.00 bits per heavy atom. The number of benzene rings is 1. The third-order valence-electron chi connectivity index (χ3n) is 4.66. The highest BCUT2D eigenvalue weighted by atomic mass is 79.9. The van der Waals surface area contributed by atoms with Crippen LogP contribution in [0.1, 0.15) is 31.2 Å². The number of hydrogen-bond acceptors (Lipinski definition) is 4. The van der Waals surface area contributed by atoms with Gasteiger partial charge in [0.15, 0.2) is 0 Å². The van der Waals surface area contributed by atoms with E-state index in [-0.39, 0.29) is 10.6 Å². The number of nitrogens with one attached hydrogen (secondary N) is 1. The normalized spacial score (nSPS) is 28.0. The van der Waals surface area contributed by atoms with E-state index in [1.54, 1.807) is 12.1 Å². The molecule has 1 aromatic rings. The van der Waals surface area contributed by atoms with Crippen molar-refractivity contribution in [1.29, 1.82) is 0 Å². The first-order chi connectivity index (χ1) is 10.0. The molecular weight excluding hydrogens is 334 g/mol. The van der Waals surface area contributed by atoms with Crippen LogP contribution in [0.2, 0.25) is 0 Å². The van der Waals surface area contributed by atoms with Gasteiger partial charge in [-0.3, -0.25) is 15.0 Å². The molecule has 21 heavy (non-hydrogen) atoms. The molecule has 114 valence electrons. The summed E-state index contributed by atoms with van der Waals surface area (Å²) in [4.78, 5) is 13.0. The molecule has 0 amide bonds. The summed E-state index contributed by atoms with van der Waals surface area (Å²) in [5.41, 5.74) is 1.14. The van der Waals surface area contributed by atoms with Gasteiger partial charge >= 0.3 is 0 Å². The van der Waals surface area contributed by atoms with E-state index in [1.807, 2.05) is 6.07 Å². The van der Waals surface area contributed by atoms with E-state index in [1.165, 1.54) is 25.7 Å². The lowest BCUT2D eigenvalue weighted by Gasteiger charge is -2.35. The van der Waals surface area contributed by atoms with E-state index < -0.39 is 0 Å². The number of nitrogens with zero attached hydrogens (tertiary/aromatic N) is 2. The van der Waals surface area contributed by atoms with Crippen molar-refractivity contribution in [2.75, 3.05) is 7.05 Å². The third-order valence-corrected chi connectivity index (χ3v) is 5.11. The van der Waals surface area contributed by atoms with Crippen molar-refractivity contribution in [3.05, 3.63) is 38.3 Å². The van der Waals surface area contributed by atoms with E-state index in [0.717, 1.165) is 16.6 Å². The van der Waals surface area contributed by atoms with E-state index >= 15 is 0 Å². The minimum Gasteiger partial charge on any atom is -0.311 e. The van der Waals surface area contributed by atoms with Gasteiger partial charge in [0.25, 0.3) is 5.69 Å². The Morgan fingerprint density at radius 1 is 1.33 bits per heavy atom. The lowest BCUT2D eigenvalue weighted by molar-refractivity contribution is -0.385. The highest BCUT2D eigenvalue weighted by Gasteiger charge is 2.35. The molecule has 3 rings (SSSR count). The topological polar surface area (TPSA) is 58.4 Å². The highest BCUT2D eigenvalue weighted by Crippen LogP contribution is 2.30. The van der Waals surface area contributed by atoms with Crippen LogP contribution in [-0.4, -0.2) is 35.0 Å². The molecule has 0 spiro atoms. The van der Waals surface area contributed by atoms with Gasteiger partial charge in [-0.25, -0.2) is 0 Å². The van der Waals surface area contributed by atoms with Gasteiger partial charge in [-0.05, 0) is 44.4 Å². The molecule has 1 N–H and O–H groups in total. The maximum Gasteiger partial charge on any atom is 0.270 e. The Hall–Kier alpha value is -0.980. The van der Waals surface area contributed by atoms with Crippen LogP contribution in [0.25, 0.3) is 0 Å². The third kappa shape index (κ3) is 3.44. The monoisotopic (exact) mass is 353 g/mol. The fraction of sp³-hybridized carbons (Fsp3) is 0.600. The smallest absolute Gasteiger partial charge is 0.270 e. The minimum absolute atomic E-state index is 0.151. The molecule has 2 bridgehead atoms. The first kappa shape index (κ1) is 14.9. The zero-order valence-corrected chi connectivity index (χ0v) is 13.7. The number of rotatable bonds is 4. The van der Waals surface area contributed by atoms with Crippen molar-refractivity contribution >= 4 is 21.6 Å². The van der Waals surface area contributed by atoms with Crippen LogP contribution in [0.5, 0.6) is 0 Å². The number of hydrogen-bond donors (Lipinski definition) is 1. The number of nitro groups is 1. The highest BCUT2D eigenvalue weighted by molar-refractivity contribution is 9.10. The van der Waals surface area contributed by atoms with Crippen LogP contribution in [0.3, 0.4) is 0 Å². The molecule has 2 atom stereocenters. The summed E-state index contributed by atoms with van der Waals surface area (Å²) in [5.74, 6) is 0. The summed E-state index contributed by atoms with van der Waals surface area (Å²) in [6.07, 6.45) is 4.95. The van der Waals surface area contributed by atoms with Crippen LogP contribution in [0.4, 0.5) is 5.69 Å². The first-order valence-electron chi connectivity index (χ1n) is 7.41. The molecule has 0 saturated carbocycles. The Bertz CT molecular complexity index is 540. The van der Waals surface area contributed by atoms with Gasteiger partial charge < -0.3 is 5.32 Å². The molecular formula is C15H20BrN3O2. The van der Waals surface area contributed by atoms with Gasteiger partial charge in [-0.1, -0.05) is 15.9 Å². The second-order valence-corrected chi connectivity index (χ2v) is 7.17. The summed E-state index contributed by atoms with van der Waals surface area (Å²) in [5, 5.41) is 14.6. The number of halogens is 1. The van der Waals surface area contributed by atoms with E-state index in [9.17, 15) is 10.1 Å². The zero-order valence-electron chi connectivity index (χ0n) is 12.1. The molecule has 2 heterocycles. The van der Waals surface area contributed by atoms with Crippen molar-refractivity contribution in [2.45, 2.75) is 50.4 Å². The van der Waals surface area contributed by atoms with Crippen LogP contribution < -0.4 is 5.32 Å².